The second-order valence-corrected chi connectivity index (χ2v) is 6.14. The number of nitrogens with two attached hydrogens (primary N) is 1. The van der Waals surface area contributed by atoms with Crippen LogP contribution in [0.5, 0.6) is 11.5 Å². The summed E-state index contributed by atoms with van der Waals surface area (Å²) in [5.41, 5.74) is 7.09. The number of aliphatic imine (C=N–C) groups is 1. The third-order valence-electron chi connectivity index (χ3n) is 4.47. The standard InChI is InChI=1S/C20H21N3O4.ClH/c1-26-16-8-7-14(9-17(16)27-2)18(24)15-10-22-20(23-11-15)13-5-3-12(4-6-13)19(21)25;/h3-9,15H,10-11H2,1-2H3,(H2,21,25)(H,22,23);1H. The van der Waals surface area contributed by atoms with Crippen LogP contribution in [0.25, 0.3) is 0 Å². The molecule has 1 amide bonds. The quantitative estimate of drug-likeness (QED) is 0.719. The summed E-state index contributed by atoms with van der Waals surface area (Å²) in [5, 5.41) is 3.19. The van der Waals surface area contributed by atoms with Gasteiger partial charge in [-0.1, -0.05) is 12.1 Å². The Morgan fingerprint density at radius 2 is 1.68 bits per heavy atom. The molecule has 0 spiro atoms. The van der Waals surface area contributed by atoms with E-state index in [1.807, 2.05) is 0 Å². The molecular weight excluding hydrogens is 382 g/mol. The van der Waals surface area contributed by atoms with Gasteiger partial charge in [-0.15, -0.1) is 12.4 Å². The molecule has 0 radical (unpaired) electrons. The molecule has 1 aliphatic heterocycles. The van der Waals surface area contributed by atoms with Gasteiger partial charge in [0.05, 0.1) is 26.7 Å². The Morgan fingerprint density at radius 1 is 1.04 bits per heavy atom. The summed E-state index contributed by atoms with van der Waals surface area (Å²) >= 11 is 0. The highest BCUT2D eigenvalue weighted by Gasteiger charge is 2.25. The number of hydrogen-bond donors (Lipinski definition) is 2. The second kappa shape index (κ2) is 9.23. The molecule has 3 N–H and O–H groups in total. The van der Waals surface area contributed by atoms with Crippen LogP contribution in [-0.4, -0.2) is 44.8 Å². The van der Waals surface area contributed by atoms with E-state index in [9.17, 15) is 9.59 Å². The molecule has 0 saturated carbocycles. The molecule has 8 heteroatoms. The fourth-order valence-electron chi connectivity index (χ4n) is 2.93. The van der Waals surface area contributed by atoms with Gasteiger partial charge in [0.2, 0.25) is 5.91 Å². The molecule has 0 bridgehead atoms. The highest BCUT2D eigenvalue weighted by atomic mass is 35.5. The Hall–Kier alpha value is -3.06. The van der Waals surface area contributed by atoms with Crippen LogP contribution in [0.1, 0.15) is 26.3 Å². The number of primary amides is 1. The van der Waals surface area contributed by atoms with Gasteiger partial charge >= 0.3 is 0 Å². The van der Waals surface area contributed by atoms with E-state index < -0.39 is 5.91 Å². The summed E-state index contributed by atoms with van der Waals surface area (Å²) in [6.07, 6.45) is 0. The predicted molar refractivity (Wildman–Crippen MR) is 109 cm³/mol. The van der Waals surface area contributed by atoms with Crippen molar-refractivity contribution in [3.63, 3.8) is 0 Å². The van der Waals surface area contributed by atoms with E-state index in [1.54, 1.807) is 49.6 Å². The molecule has 0 fully saturated rings. The third kappa shape index (κ3) is 4.43. The lowest BCUT2D eigenvalue weighted by Crippen LogP contribution is -2.39. The zero-order valence-electron chi connectivity index (χ0n) is 15.6. The average Bonchev–Trinajstić information content (AvgIpc) is 2.72. The highest BCUT2D eigenvalue weighted by Crippen LogP contribution is 2.28. The number of ketones is 1. The molecule has 2 aromatic carbocycles. The van der Waals surface area contributed by atoms with Gasteiger partial charge in [-0.05, 0) is 30.3 Å². The van der Waals surface area contributed by atoms with E-state index in [2.05, 4.69) is 10.3 Å². The summed E-state index contributed by atoms with van der Waals surface area (Å²) < 4.78 is 10.5. The first-order valence-corrected chi connectivity index (χ1v) is 8.48. The number of halogens is 1. The van der Waals surface area contributed by atoms with Crippen LogP contribution in [0.15, 0.2) is 47.5 Å². The molecule has 2 aromatic rings. The predicted octanol–water partition coefficient (Wildman–Crippen LogP) is 2.07. The maximum absolute atomic E-state index is 12.8. The number of Topliss-reactive ketones (excluding diaryl/α,β-unsaturated/α-hetero) is 1. The van der Waals surface area contributed by atoms with Gasteiger partial charge in [0.1, 0.15) is 5.84 Å². The van der Waals surface area contributed by atoms with Crippen molar-refractivity contribution < 1.29 is 19.1 Å². The minimum atomic E-state index is -0.472. The largest absolute Gasteiger partial charge is 0.493 e. The van der Waals surface area contributed by atoms with Crippen LogP contribution in [-0.2, 0) is 0 Å². The summed E-state index contributed by atoms with van der Waals surface area (Å²) in [4.78, 5) is 28.4. The molecule has 3 rings (SSSR count). The number of methoxy groups -OCH3 is 2. The Balaban J connectivity index is 0.00000280. The zero-order valence-corrected chi connectivity index (χ0v) is 16.4. The molecule has 1 atom stereocenters. The molecule has 1 heterocycles. The lowest BCUT2D eigenvalue weighted by molar-refractivity contribution is 0.0922. The Labute approximate surface area is 169 Å². The first kappa shape index (κ1) is 21.2. The van der Waals surface area contributed by atoms with E-state index in [-0.39, 0.29) is 24.1 Å². The van der Waals surface area contributed by atoms with Crippen molar-refractivity contribution in [1.29, 1.82) is 0 Å². The average molecular weight is 404 g/mol. The first-order chi connectivity index (χ1) is 13.0. The van der Waals surface area contributed by atoms with Crippen LogP contribution in [0, 0.1) is 5.92 Å². The lowest BCUT2D eigenvalue weighted by Gasteiger charge is -2.22. The van der Waals surface area contributed by atoms with Gasteiger partial charge in [-0.25, -0.2) is 0 Å². The van der Waals surface area contributed by atoms with Crippen molar-refractivity contribution >= 4 is 29.9 Å². The summed E-state index contributed by atoms with van der Waals surface area (Å²) in [6.45, 7) is 0.858. The van der Waals surface area contributed by atoms with Crippen LogP contribution < -0.4 is 20.5 Å². The Morgan fingerprint density at radius 3 is 2.21 bits per heavy atom. The van der Waals surface area contributed by atoms with Crippen molar-refractivity contribution in [2.24, 2.45) is 16.6 Å². The fraction of sp³-hybridized carbons (Fsp3) is 0.250. The minimum absolute atomic E-state index is 0. The normalized spacial score (nSPS) is 15.5. The van der Waals surface area contributed by atoms with Gasteiger partial charge in [-0.3, -0.25) is 14.6 Å². The number of rotatable bonds is 6. The van der Waals surface area contributed by atoms with E-state index in [4.69, 9.17) is 15.2 Å². The van der Waals surface area contributed by atoms with Crippen LogP contribution in [0.4, 0.5) is 0 Å². The Bertz CT molecular complexity index is 897. The van der Waals surface area contributed by atoms with Crippen molar-refractivity contribution in [2.45, 2.75) is 0 Å². The topological polar surface area (TPSA) is 103 Å². The van der Waals surface area contributed by atoms with Gasteiger partial charge in [0, 0.05) is 23.2 Å². The zero-order chi connectivity index (χ0) is 19.4. The number of amidine groups is 1. The molecule has 1 unspecified atom stereocenters. The van der Waals surface area contributed by atoms with Crippen LogP contribution >= 0.6 is 12.4 Å². The smallest absolute Gasteiger partial charge is 0.248 e. The summed E-state index contributed by atoms with van der Waals surface area (Å²) in [5.74, 6) is 1.05. The van der Waals surface area contributed by atoms with Crippen molar-refractivity contribution in [3.8, 4) is 11.5 Å². The SMILES string of the molecule is COc1ccc(C(=O)C2CN=C(c3ccc(C(N)=O)cc3)NC2)cc1OC.Cl. The number of carbonyl (C=O) groups is 2. The number of carbonyl (C=O) groups excluding carboxylic acids is 2. The second-order valence-electron chi connectivity index (χ2n) is 6.14. The lowest BCUT2D eigenvalue weighted by atomic mass is 9.95. The molecule has 28 heavy (non-hydrogen) atoms. The molecular formula is C20H22ClN3O4. The number of nitrogens with zero attached hydrogens (tertiary/aromatic N) is 1. The molecule has 7 nitrogen and oxygen atoms in total. The number of hydrogen-bond acceptors (Lipinski definition) is 6. The summed E-state index contributed by atoms with van der Waals surface area (Å²) in [7, 11) is 3.09. The molecule has 0 aromatic heterocycles. The minimum Gasteiger partial charge on any atom is -0.493 e. The van der Waals surface area contributed by atoms with Crippen LogP contribution in [0.3, 0.4) is 0 Å². The number of amides is 1. The maximum atomic E-state index is 12.8. The third-order valence-corrected chi connectivity index (χ3v) is 4.47. The monoisotopic (exact) mass is 403 g/mol. The molecule has 1 aliphatic rings. The fourth-order valence-corrected chi connectivity index (χ4v) is 2.93. The maximum Gasteiger partial charge on any atom is 0.248 e. The van der Waals surface area contributed by atoms with Crippen LogP contribution in [0.2, 0.25) is 0 Å². The molecule has 0 aliphatic carbocycles. The van der Waals surface area contributed by atoms with E-state index >= 15 is 0 Å². The highest BCUT2D eigenvalue weighted by molar-refractivity contribution is 6.03. The van der Waals surface area contributed by atoms with E-state index in [0.29, 0.717) is 41.6 Å². The number of nitrogens with one attached hydrogen (secondary N) is 1. The number of benzene rings is 2. The van der Waals surface area contributed by atoms with Gasteiger partial charge < -0.3 is 20.5 Å². The van der Waals surface area contributed by atoms with Crippen molar-refractivity contribution in [1.82, 2.24) is 5.32 Å². The summed E-state index contributed by atoms with van der Waals surface area (Å²) in [6, 6.07) is 12.0. The van der Waals surface area contributed by atoms with Gasteiger partial charge in [0.15, 0.2) is 17.3 Å². The van der Waals surface area contributed by atoms with Crippen molar-refractivity contribution in [2.75, 3.05) is 27.3 Å². The first-order valence-electron chi connectivity index (χ1n) is 8.48. The Kier molecular flexibility index (Phi) is 7.00. The number of ether oxygens (including phenoxy) is 2. The molecule has 148 valence electrons. The van der Waals surface area contributed by atoms with Crippen molar-refractivity contribution in [3.05, 3.63) is 59.2 Å². The van der Waals surface area contributed by atoms with E-state index in [1.165, 1.54) is 7.11 Å². The van der Waals surface area contributed by atoms with Gasteiger partial charge in [-0.2, -0.15) is 0 Å². The molecule has 0 saturated heterocycles. The van der Waals surface area contributed by atoms with Gasteiger partial charge in [0.25, 0.3) is 0 Å². The van der Waals surface area contributed by atoms with E-state index in [0.717, 1.165) is 5.56 Å².